The van der Waals surface area contributed by atoms with Crippen molar-refractivity contribution >= 4 is 11.8 Å². The molecule has 22 heavy (non-hydrogen) atoms. The summed E-state index contributed by atoms with van der Waals surface area (Å²) < 4.78 is 12.9. The van der Waals surface area contributed by atoms with E-state index in [1.54, 1.807) is 0 Å². The number of benzene rings is 1. The Hall–Kier alpha value is -2.96. The molecule has 0 radical (unpaired) electrons. The Labute approximate surface area is 126 Å². The van der Waals surface area contributed by atoms with Crippen molar-refractivity contribution in [3.63, 3.8) is 0 Å². The number of halogens is 1. The van der Waals surface area contributed by atoms with Gasteiger partial charge in [0.05, 0.1) is 6.54 Å². The minimum atomic E-state index is -0.660. The van der Waals surface area contributed by atoms with Crippen LogP contribution in [0.1, 0.15) is 10.5 Å². The van der Waals surface area contributed by atoms with Crippen molar-refractivity contribution < 1.29 is 19.1 Å². The van der Waals surface area contributed by atoms with Gasteiger partial charge in [0.25, 0.3) is 5.91 Å². The molecule has 0 unspecified atom stereocenters. The zero-order valence-corrected chi connectivity index (χ0v) is 11.8. The van der Waals surface area contributed by atoms with Gasteiger partial charge in [-0.1, -0.05) is 12.1 Å². The third kappa shape index (κ3) is 3.57. The lowest BCUT2D eigenvalue weighted by Gasteiger charge is -2.07. The summed E-state index contributed by atoms with van der Waals surface area (Å²) in [6.45, 7) is -0.212. The van der Waals surface area contributed by atoms with E-state index < -0.39 is 5.91 Å². The van der Waals surface area contributed by atoms with Gasteiger partial charge < -0.3 is 15.7 Å². The molecule has 0 bridgehead atoms. The van der Waals surface area contributed by atoms with Crippen LogP contribution in [0.2, 0.25) is 0 Å². The number of hydrogen-bond acceptors (Lipinski definition) is 4. The molecule has 0 spiro atoms. The molecule has 1 aromatic heterocycles. The molecule has 6 nitrogen and oxygen atoms in total. The second kappa shape index (κ2) is 6.66. The van der Waals surface area contributed by atoms with E-state index in [1.807, 2.05) is 0 Å². The summed E-state index contributed by atoms with van der Waals surface area (Å²) >= 11 is 0. The van der Waals surface area contributed by atoms with E-state index >= 15 is 0 Å². The summed E-state index contributed by atoms with van der Waals surface area (Å²) in [5.74, 6) is -1.72. The minimum Gasteiger partial charge on any atom is -0.505 e. The van der Waals surface area contributed by atoms with Gasteiger partial charge in [0, 0.05) is 18.8 Å². The van der Waals surface area contributed by atoms with Crippen LogP contribution < -0.4 is 10.6 Å². The number of likely N-dealkylation sites (N-methyl/N-ethyl adjacent to an activating group) is 1. The molecule has 0 aliphatic rings. The topological polar surface area (TPSA) is 91.3 Å². The number of carbonyl (C=O) groups is 2. The minimum absolute atomic E-state index is 0.185. The Kier molecular flexibility index (Phi) is 4.67. The van der Waals surface area contributed by atoms with Crippen LogP contribution in [-0.2, 0) is 4.79 Å². The zero-order chi connectivity index (χ0) is 16.1. The number of pyridine rings is 1. The highest BCUT2D eigenvalue weighted by Gasteiger charge is 2.14. The quantitative estimate of drug-likeness (QED) is 0.788. The van der Waals surface area contributed by atoms with Crippen molar-refractivity contribution in [3.05, 3.63) is 48.0 Å². The van der Waals surface area contributed by atoms with Gasteiger partial charge in [-0.3, -0.25) is 9.59 Å². The summed E-state index contributed by atoms with van der Waals surface area (Å²) in [6, 6.07) is 7.01. The second-order valence-corrected chi connectivity index (χ2v) is 4.45. The monoisotopic (exact) mass is 303 g/mol. The van der Waals surface area contributed by atoms with E-state index in [0.29, 0.717) is 11.1 Å². The first kappa shape index (κ1) is 15.4. The van der Waals surface area contributed by atoms with Crippen LogP contribution in [0.15, 0.2) is 36.5 Å². The van der Waals surface area contributed by atoms with E-state index in [0.717, 1.165) is 0 Å². The smallest absolute Gasteiger partial charge is 0.274 e. The van der Waals surface area contributed by atoms with E-state index in [4.69, 9.17) is 0 Å². The molecule has 0 atom stereocenters. The van der Waals surface area contributed by atoms with Gasteiger partial charge in [-0.25, -0.2) is 9.37 Å². The van der Waals surface area contributed by atoms with Crippen molar-refractivity contribution in [1.29, 1.82) is 0 Å². The molecule has 2 aromatic rings. The van der Waals surface area contributed by atoms with Gasteiger partial charge in [-0.2, -0.15) is 0 Å². The van der Waals surface area contributed by atoms with Crippen LogP contribution in [0, 0.1) is 5.82 Å². The van der Waals surface area contributed by atoms with Crippen molar-refractivity contribution in [3.8, 4) is 16.9 Å². The normalized spacial score (nSPS) is 10.1. The maximum Gasteiger partial charge on any atom is 0.274 e. The molecule has 2 amide bonds. The third-order valence-corrected chi connectivity index (χ3v) is 2.95. The first-order chi connectivity index (χ1) is 10.5. The Balaban J connectivity index is 2.17. The molecule has 1 aromatic carbocycles. The molecule has 1 heterocycles. The zero-order valence-electron chi connectivity index (χ0n) is 11.8. The third-order valence-electron chi connectivity index (χ3n) is 2.95. The largest absolute Gasteiger partial charge is 0.505 e. The molecule has 2 rings (SSSR count). The number of amides is 2. The Morgan fingerprint density at radius 1 is 1.23 bits per heavy atom. The van der Waals surface area contributed by atoms with Crippen LogP contribution in [0.3, 0.4) is 0 Å². The highest BCUT2D eigenvalue weighted by molar-refractivity contribution is 5.97. The predicted molar refractivity (Wildman–Crippen MR) is 77.7 cm³/mol. The average Bonchev–Trinajstić information content (AvgIpc) is 2.52. The van der Waals surface area contributed by atoms with E-state index in [1.165, 1.54) is 43.6 Å². The van der Waals surface area contributed by atoms with Crippen LogP contribution in [0.5, 0.6) is 5.75 Å². The van der Waals surface area contributed by atoms with E-state index in [2.05, 4.69) is 15.6 Å². The van der Waals surface area contributed by atoms with Gasteiger partial charge in [-0.05, 0) is 23.8 Å². The number of rotatable bonds is 4. The van der Waals surface area contributed by atoms with Crippen molar-refractivity contribution in [1.82, 2.24) is 15.6 Å². The maximum atomic E-state index is 12.9. The van der Waals surface area contributed by atoms with Crippen LogP contribution in [0.4, 0.5) is 4.39 Å². The standard InChI is InChI=1S/C15H14FN3O3/c1-17-13(21)8-19-15(22)14-12(20)6-10(7-18-14)9-2-4-11(16)5-3-9/h2-7,20H,8H2,1H3,(H,17,21)(H,19,22). The Morgan fingerprint density at radius 3 is 2.50 bits per heavy atom. The summed E-state index contributed by atoms with van der Waals surface area (Å²) in [5, 5.41) is 14.6. The number of nitrogens with one attached hydrogen (secondary N) is 2. The van der Waals surface area contributed by atoms with Crippen LogP contribution in [-0.4, -0.2) is 35.5 Å². The summed E-state index contributed by atoms with van der Waals surface area (Å²) in [4.78, 5) is 26.8. The lowest BCUT2D eigenvalue weighted by molar-refractivity contribution is -0.119. The number of hydrogen-bond donors (Lipinski definition) is 3. The molecule has 7 heteroatoms. The molecular formula is C15H14FN3O3. The SMILES string of the molecule is CNC(=O)CNC(=O)c1ncc(-c2ccc(F)cc2)cc1O. The highest BCUT2D eigenvalue weighted by atomic mass is 19.1. The number of aromatic hydroxyl groups is 1. The number of aromatic nitrogens is 1. The van der Waals surface area contributed by atoms with Crippen molar-refractivity contribution in [2.75, 3.05) is 13.6 Å². The molecular weight excluding hydrogens is 289 g/mol. The van der Waals surface area contributed by atoms with Gasteiger partial charge in [-0.15, -0.1) is 0 Å². The molecule has 3 N–H and O–H groups in total. The van der Waals surface area contributed by atoms with Gasteiger partial charge >= 0.3 is 0 Å². The van der Waals surface area contributed by atoms with Crippen molar-refractivity contribution in [2.45, 2.75) is 0 Å². The predicted octanol–water partition coefficient (Wildman–Crippen LogP) is 1.07. The molecule has 0 aliphatic heterocycles. The number of nitrogens with zero attached hydrogens (tertiary/aromatic N) is 1. The molecule has 0 aliphatic carbocycles. The Morgan fingerprint density at radius 2 is 1.91 bits per heavy atom. The highest BCUT2D eigenvalue weighted by Crippen LogP contribution is 2.24. The van der Waals surface area contributed by atoms with Crippen LogP contribution >= 0.6 is 0 Å². The van der Waals surface area contributed by atoms with E-state index in [9.17, 15) is 19.1 Å². The fourth-order valence-electron chi connectivity index (χ4n) is 1.76. The summed E-state index contributed by atoms with van der Waals surface area (Å²) in [6.07, 6.45) is 1.39. The lowest BCUT2D eigenvalue weighted by atomic mass is 10.1. The van der Waals surface area contributed by atoms with Crippen molar-refractivity contribution in [2.24, 2.45) is 0 Å². The molecule has 0 saturated heterocycles. The first-order valence-electron chi connectivity index (χ1n) is 6.45. The Bertz CT molecular complexity index is 702. The fourth-order valence-corrected chi connectivity index (χ4v) is 1.76. The maximum absolute atomic E-state index is 12.9. The summed E-state index contributed by atoms with van der Waals surface area (Å²) in [5.41, 5.74) is 1.01. The molecule has 0 saturated carbocycles. The fraction of sp³-hybridized carbons (Fsp3) is 0.133. The first-order valence-corrected chi connectivity index (χ1v) is 6.45. The summed E-state index contributed by atoms with van der Waals surface area (Å²) in [7, 11) is 1.45. The van der Waals surface area contributed by atoms with Crippen LogP contribution in [0.25, 0.3) is 11.1 Å². The average molecular weight is 303 g/mol. The molecule has 0 fully saturated rings. The van der Waals surface area contributed by atoms with Gasteiger partial charge in [0.1, 0.15) is 11.6 Å². The van der Waals surface area contributed by atoms with E-state index in [-0.39, 0.29) is 29.7 Å². The van der Waals surface area contributed by atoms with Gasteiger partial charge in [0.15, 0.2) is 5.69 Å². The lowest BCUT2D eigenvalue weighted by Crippen LogP contribution is -2.35. The number of carbonyl (C=O) groups excluding carboxylic acids is 2. The second-order valence-electron chi connectivity index (χ2n) is 4.45. The molecule has 114 valence electrons. The van der Waals surface area contributed by atoms with Gasteiger partial charge in [0.2, 0.25) is 5.91 Å².